The summed E-state index contributed by atoms with van der Waals surface area (Å²) in [5.41, 5.74) is -0.602. The van der Waals surface area contributed by atoms with Crippen molar-refractivity contribution in [1.29, 1.82) is 0 Å². The largest absolute Gasteiger partial charge is 0.444 e. The fourth-order valence-electron chi connectivity index (χ4n) is 2.94. The number of carbonyl (C=O) groups is 3. The summed E-state index contributed by atoms with van der Waals surface area (Å²) in [6, 6.07) is 5.77. The molecule has 1 aliphatic heterocycles. The molecule has 172 valence electrons. The van der Waals surface area contributed by atoms with Gasteiger partial charge >= 0.3 is 12.1 Å². The standard InChI is InChI=1S/C20H29N3O7S/c1-5-17(24)30-22-31(27,28)16-11-7-6-10-15(16)21-18(25)14-9-8-12-23(13-14)19(26)29-20(2,3)4/h6-7,10-11,14,22H,5,8-9,12-13H2,1-4H3,(H,21,25). The highest BCUT2D eigenvalue weighted by Crippen LogP contribution is 2.24. The Morgan fingerprint density at radius 2 is 1.87 bits per heavy atom. The average Bonchev–Trinajstić information content (AvgIpc) is 2.71. The van der Waals surface area contributed by atoms with Crippen molar-refractivity contribution >= 4 is 33.7 Å². The van der Waals surface area contributed by atoms with Crippen molar-refractivity contribution in [1.82, 2.24) is 9.79 Å². The van der Waals surface area contributed by atoms with Crippen molar-refractivity contribution in [3.8, 4) is 0 Å². The molecule has 1 fully saturated rings. The van der Waals surface area contributed by atoms with Gasteiger partial charge in [-0.1, -0.05) is 19.1 Å². The number of nitrogens with zero attached hydrogens (tertiary/aromatic N) is 1. The number of benzene rings is 1. The molecule has 2 N–H and O–H groups in total. The predicted octanol–water partition coefficient (Wildman–Crippen LogP) is 2.42. The number of hydrogen-bond acceptors (Lipinski definition) is 7. The number of para-hydroxylation sites is 1. The fraction of sp³-hybridized carbons (Fsp3) is 0.550. The zero-order valence-corrected chi connectivity index (χ0v) is 19.0. The van der Waals surface area contributed by atoms with E-state index < -0.39 is 39.5 Å². The lowest BCUT2D eigenvalue weighted by Gasteiger charge is -2.33. The van der Waals surface area contributed by atoms with Gasteiger partial charge in [0.1, 0.15) is 10.5 Å². The van der Waals surface area contributed by atoms with Crippen LogP contribution >= 0.6 is 0 Å². The first-order valence-corrected chi connectivity index (χ1v) is 11.5. The normalized spacial score (nSPS) is 17.0. The Morgan fingerprint density at radius 1 is 1.19 bits per heavy atom. The van der Waals surface area contributed by atoms with Gasteiger partial charge in [-0.15, -0.1) is 0 Å². The Bertz CT molecular complexity index is 925. The Morgan fingerprint density at radius 3 is 2.52 bits per heavy atom. The second-order valence-electron chi connectivity index (χ2n) is 8.17. The lowest BCUT2D eigenvalue weighted by molar-refractivity contribution is -0.146. The van der Waals surface area contributed by atoms with Gasteiger partial charge in [0.05, 0.1) is 11.6 Å². The quantitative estimate of drug-likeness (QED) is 0.630. The van der Waals surface area contributed by atoms with Crippen molar-refractivity contribution in [3.63, 3.8) is 0 Å². The molecule has 10 nitrogen and oxygen atoms in total. The number of nitrogens with one attached hydrogen (secondary N) is 2. The maximum absolute atomic E-state index is 12.8. The first kappa shape index (κ1) is 24.6. The molecule has 0 spiro atoms. The molecule has 1 aromatic rings. The van der Waals surface area contributed by atoms with E-state index in [2.05, 4.69) is 10.2 Å². The Labute approximate surface area is 182 Å². The van der Waals surface area contributed by atoms with E-state index in [1.54, 1.807) is 31.7 Å². The molecule has 1 heterocycles. The van der Waals surface area contributed by atoms with Crippen molar-refractivity contribution in [3.05, 3.63) is 24.3 Å². The summed E-state index contributed by atoms with van der Waals surface area (Å²) < 4.78 is 30.4. The lowest BCUT2D eigenvalue weighted by atomic mass is 9.97. The Hall–Kier alpha value is -2.66. The van der Waals surface area contributed by atoms with Crippen LogP contribution in [0.1, 0.15) is 47.0 Å². The number of ether oxygens (including phenoxy) is 1. The van der Waals surface area contributed by atoms with Crippen LogP contribution in [0.3, 0.4) is 0 Å². The summed E-state index contributed by atoms with van der Waals surface area (Å²) >= 11 is 0. The maximum Gasteiger partial charge on any atom is 0.410 e. The lowest BCUT2D eigenvalue weighted by Crippen LogP contribution is -2.45. The summed E-state index contributed by atoms with van der Waals surface area (Å²) in [6.07, 6.45) is 0.671. The topological polar surface area (TPSA) is 131 Å². The van der Waals surface area contributed by atoms with Crippen LogP contribution in [0.5, 0.6) is 0 Å². The van der Waals surface area contributed by atoms with Gasteiger partial charge in [0.2, 0.25) is 5.91 Å². The van der Waals surface area contributed by atoms with Crippen molar-refractivity contribution in [2.75, 3.05) is 18.4 Å². The van der Waals surface area contributed by atoms with Crippen molar-refractivity contribution < 1.29 is 32.4 Å². The van der Waals surface area contributed by atoms with Gasteiger partial charge in [-0.05, 0) is 50.6 Å². The van der Waals surface area contributed by atoms with Crippen molar-refractivity contribution in [2.24, 2.45) is 5.92 Å². The number of hydrogen-bond donors (Lipinski definition) is 2. The number of sulfonamides is 1. The highest BCUT2D eigenvalue weighted by molar-refractivity contribution is 7.89. The van der Waals surface area contributed by atoms with Gasteiger partial charge in [-0.3, -0.25) is 9.59 Å². The number of likely N-dealkylation sites (tertiary alicyclic amines) is 1. The SMILES string of the molecule is CCC(=O)ONS(=O)(=O)c1ccccc1NC(=O)C1CCCN(C(=O)OC(C)(C)C)C1. The third-order valence-corrected chi connectivity index (χ3v) is 5.67. The molecule has 1 unspecified atom stereocenters. The molecule has 0 aromatic heterocycles. The van der Waals surface area contributed by atoms with Gasteiger partial charge in [-0.2, -0.15) is 0 Å². The Kier molecular flexibility index (Phi) is 8.02. The minimum Gasteiger partial charge on any atom is -0.444 e. The van der Waals surface area contributed by atoms with Crippen LogP contribution in [0.2, 0.25) is 0 Å². The van der Waals surface area contributed by atoms with Gasteiger partial charge < -0.3 is 19.8 Å². The molecule has 1 aliphatic rings. The molecule has 1 aromatic carbocycles. The number of amides is 2. The van der Waals surface area contributed by atoms with E-state index in [4.69, 9.17) is 4.74 Å². The monoisotopic (exact) mass is 455 g/mol. The van der Waals surface area contributed by atoms with Crippen molar-refractivity contribution in [2.45, 2.75) is 57.5 Å². The summed E-state index contributed by atoms with van der Waals surface area (Å²) in [6.45, 7) is 7.47. The van der Waals surface area contributed by atoms with Gasteiger partial charge in [0.25, 0.3) is 10.0 Å². The molecule has 1 atom stereocenters. The smallest absolute Gasteiger partial charge is 0.410 e. The molecule has 2 amide bonds. The number of anilines is 1. The average molecular weight is 456 g/mol. The highest BCUT2D eigenvalue weighted by Gasteiger charge is 2.32. The fourth-order valence-corrected chi connectivity index (χ4v) is 3.90. The van der Waals surface area contributed by atoms with Crippen LogP contribution in [0.4, 0.5) is 10.5 Å². The van der Waals surface area contributed by atoms with Crippen LogP contribution in [0.15, 0.2) is 29.2 Å². The molecule has 1 saturated heterocycles. The first-order chi connectivity index (χ1) is 14.4. The predicted molar refractivity (Wildman–Crippen MR) is 112 cm³/mol. The van der Waals surface area contributed by atoms with Crippen LogP contribution in [-0.2, 0) is 29.2 Å². The van der Waals surface area contributed by atoms with Crippen LogP contribution < -0.4 is 10.2 Å². The maximum atomic E-state index is 12.8. The molecular weight excluding hydrogens is 426 g/mol. The summed E-state index contributed by atoms with van der Waals surface area (Å²) in [5.74, 6) is -1.68. The molecule has 0 radical (unpaired) electrons. The third kappa shape index (κ3) is 7.21. The second-order valence-corrected chi connectivity index (χ2v) is 9.78. The van der Waals surface area contributed by atoms with Crippen LogP contribution in [-0.4, -0.2) is 50.0 Å². The van der Waals surface area contributed by atoms with E-state index >= 15 is 0 Å². The molecule has 31 heavy (non-hydrogen) atoms. The zero-order valence-electron chi connectivity index (χ0n) is 18.1. The molecular formula is C20H29N3O7S. The summed E-state index contributed by atoms with van der Waals surface area (Å²) in [5, 5.41) is 2.62. The van der Waals surface area contributed by atoms with Crippen LogP contribution in [0, 0.1) is 5.92 Å². The van der Waals surface area contributed by atoms with E-state index in [9.17, 15) is 22.8 Å². The number of piperidine rings is 1. The van der Waals surface area contributed by atoms with E-state index in [0.717, 1.165) is 0 Å². The zero-order chi connectivity index (χ0) is 23.2. The molecule has 0 bridgehead atoms. The number of rotatable bonds is 6. The highest BCUT2D eigenvalue weighted by atomic mass is 32.2. The Balaban J connectivity index is 2.10. The third-order valence-electron chi connectivity index (χ3n) is 4.43. The minimum atomic E-state index is -4.21. The first-order valence-electron chi connectivity index (χ1n) is 10.0. The van der Waals surface area contributed by atoms with Gasteiger partial charge in [-0.25, -0.2) is 13.2 Å². The molecule has 0 aliphatic carbocycles. The summed E-state index contributed by atoms with van der Waals surface area (Å²) in [4.78, 5) is 43.9. The summed E-state index contributed by atoms with van der Waals surface area (Å²) in [7, 11) is -4.21. The van der Waals surface area contributed by atoms with Gasteiger partial charge in [0, 0.05) is 19.5 Å². The minimum absolute atomic E-state index is 0.00324. The van der Waals surface area contributed by atoms with E-state index in [-0.39, 0.29) is 23.5 Å². The number of carbonyl (C=O) groups excluding carboxylic acids is 3. The molecule has 11 heteroatoms. The van der Waals surface area contributed by atoms with E-state index in [1.165, 1.54) is 30.0 Å². The van der Waals surface area contributed by atoms with E-state index in [1.807, 2.05) is 0 Å². The van der Waals surface area contributed by atoms with Gasteiger partial charge in [0.15, 0.2) is 0 Å². The van der Waals surface area contributed by atoms with Crippen LogP contribution in [0.25, 0.3) is 0 Å². The second kappa shape index (κ2) is 10.1. The van der Waals surface area contributed by atoms with E-state index in [0.29, 0.717) is 19.4 Å². The molecule has 0 saturated carbocycles. The molecule has 2 rings (SSSR count).